The van der Waals surface area contributed by atoms with Gasteiger partial charge in [0.15, 0.2) is 5.82 Å². The van der Waals surface area contributed by atoms with Crippen molar-refractivity contribution in [3.63, 3.8) is 0 Å². The van der Waals surface area contributed by atoms with Gasteiger partial charge < -0.3 is 26.0 Å². The maximum Gasteiger partial charge on any atom is 0.341 e. The summed E-state index contributed by atoms with van der Waals surface area (Å²) in [6.07, 6.45) is 2.64. The Bertz CT molecular complexity index is 1300. The summed E-state index contributed by atoms with van der Waals surface area (Å²) in [7, 11) is 0. The van der Waals surface area contributed by atoms with E-state index < -0.39 is 28.6 Å². The maximum atomic E-state index is 15.8. The number of halogens is 2. The second-order valence-electron chi connectivity index (χ2n) is 8.57. The van der Waals surface area contributed by atoms with Gasteiger partial charge >= 0.3 is 5.97 Å². The standard InChI is InChI=1S/C23H22F2N4O3/c24-17-7-14-20(29(13-5-6-13)9-16(22(14)30)23(31)32)19(25)21(17)28-8-15(18(27)10-28)11-1-3-12(26)4-2-11/h1-4,7,9,13,15,18H,5-6,8,10,26-27H2,(H,31,32)/t15-,18+/m1/s1. The summed E-state index contributed by atoms with van der Waals surface area (Å²) < 4.78 is 32.4. The summed E-state index contributed by atoms with van der Waals surface area (Å²) in [5.41, 5.74) is 11.9. The van der Waals surface area contributed by atoms with Gasteiger partial charge in [0.25, 0.3) is 0 Å². The van der Waals surface area contributed by atoms with Crippen molar-refractivity contribution in [2.75, 3.05) is 23.7 Å². The largest absolute Gasteiger partial charge is 0.477 e. The number of benzene rings is 2. The molecule has 2 aromatic carbocycles. The number of nitrogens with zero attached hydrogens (tertiary/aromatic N) is 2. The molecule has 2 fully saturated rings. The fourth-order valence-electron chi connectivity index (χ4n) is 4.62. The molecular weight excluding hydrogens is 418 g/mol. The number of hydrogen-bond donors (Lipinski definition) is 3. The summed E-state index contributed by atoms with van der Waals surface area (Å²) in [6.45, 7) is 0.528. The van der Waals surface area contributed by atoms with Crippen molar-refractivity contribution in [1.29, 1.82) is 0 Å². The predicted octanol–water partition coefficient (Wildman–Crippen LogP) is 2.83. The van der Waals surface area contributed by atoms with Crippen LogP contribution in [-0.4, -0.2) is 34.8 Å². The topological polar surface area (TPSA) is 115 Å². The molecule has 9 heteroatoms. The SMILES string of the molecule is Nc1ccc([C@H]2CN(c3c(F)cc4c(=O)c(C(=O)O)cn(C5CC5)c4c3F)C[C@@H]2N)cc1. The van der Waals surface area contributed by atoms with Crippen LogP contribution >= 0.6 is 0 Å². The molecular formula is C23H22F2N4O3. The Morgan fingerprint density at radius 2 is 1.81 bits per heavy atom. The normalized spacial score (nSPS) is 20.8. The van der Waals surface area contributed by atoms with Crippen LogP contribution in [0.2, 0.25) is 0 Å². The number of rotatable bonds is 4. The third-order valence-corrected chi connectivity index (χ3v) is 6.40. The van der Waals surface area contributed by atoms with Crippen LogP contribution in [0.1, 0.15) is 40.7 Å². The number of anilines is 2. The average molecular weight is 440 g/mol. The average Bonchev–Trinajstić information content (AvgIpc) is 3.52. The minimum atomic E-state index is -1.42. The molecule has 3 aromatic rings. The van der Waals surface area contributed by atoms with Gasteiger partial charge in [-0.05, 0) is 36.6 Å². The molecule has 0 amide bonds. The zero-order valence-electron chi connectivity index (χ0n) is 17.1. The molecule has 2 atom stereocenters. The van der Waals surface area contributed by atoms with Crippen LogP contribution in [0.5, 0.6) is 0 Å². The highest BCUT2D eigenvalue weighted by atomic mass is 19.1. The second-order valence-corrected chi connectivity index (χ2v) is 8.57. The third-order valence-electron chi connectivity index (χ3n) is 6.40. The maximum absolute atomic E-state index is 15.8. The van der Waals surface area contributed by atoms with Crippen molar-refractivity contribution in [2.24, 2.45) is 5.73 Å². The molecule has 0 unspecified atom stereocenters. The highest BCUT2D eigenvalue weighted by molar-refractivity contribution is 5.94. The summed E-state index contributed by atoms with van der Waals surface area (Å²) in [5, 5.41) is 9.10. The molecule has 2 aliphatic rings. The molecule has 1 saturated heterocycles. The van der Waals surface area contributed by atoms with E-state index in [9.17, 15) is 14.7 Å². The predicted molar refractivity (Wildman–Crippen MR) is 117 cm³/mol. The molecule has 2 heterocycles. The molecule has 0 spiro atoms. The van der Waals surface area contributed by atoms with E-state index in [2.05, 4.69) is 0 Å². The van der Waals surface area contributed by atoms with E-state index in [1.807, 2.05) is 12.1 Å². The molecule has 0 bridgehead atoms. The number of carboxylic acid groups (broad SMARTS) is 1. The lowest BCUT2D eigenvalue weighted by molar-refractivity contribution is 0.0694. The van der Waals surface area contributed by atoms with Gasteiger partial charge in [-0.15, -0.1) is 0 Å². The van der Waals surface area contributed by atoms with Crippen molar-refractivity contribution in [3.8, 4) is 0 Å². The number of fused-ring (bicyclic) bond motifs is 1. The van der Waals surface area contributed by atoms with Gasteiger partial charge in [0.1, 0.15) is 17.1 Å². The monoisotopic (exact) mass is 440 g/mol. The molecule has 5 N–H and O–H groups in total. The minimum Gasteiger partial charge on any atom is -0.477 e. The highest BCUT2D eigenvalue weighted by Gasteiger charge is 2.36. The van der Waals surface area contributed by atoms with Gasteiger partial charge in [0.05, 0.1) is 10.9 Å². The van der Waals surface area contributed by atoms with Crippen molar-refractivity contribution in [3.05, 3.63) is 69.5 Å². The summed E-state index contributed by atoms with van der Waals surface area (Å²) in [6, 6.07) is 7.71. The highest BCUT2D eigenvalue weighted by Crippen LogP contribution is 2.41. The number of aromatic nitrogens is 1. The lowest BCUT2D eigenvalue weighted by Crippen LogP contribution is -2.29. The van der Waals surface area contributed by atoms with Gasteiger partial charge in [-0.3, -0.25) is 4.79 Å². The number of hydrogen-bond acceptors (Lipinski definition) is 5. The van der Waals surface area contributed by atoms with Crippen molar-refractivity contribution < 1.29 is 18.7 Å². The van der Waals surface area contributed by atoms with E-state index in [0.717, 1.165) is 24.5 Å². The van der Waals surface area contributed by atoms with E-state index in [1.165, 1.54) is 10.8 Å². The van der Waals surface area contributed by atoms with E-state index in [0.29, 0.717) is 12.2 Å². The Hall–Kier alpha value is -3.46. The van der Waals surface area contributed by atoms with Gasteiger partial charge in [-0.25, -0.2) is 13.6 Å². The number of nitrogens with two attached hydrogens (primary N) is 2. The third kappa shape index (κ3) is 3.20. The Morgan fingerprint density at radius 1 is 1.12 bits per heavy atom. The van der Waals surface area contributed by atoms with Gasteiger partial charge in [-0.1, -0.05) is 12.1 Å². The van der Waals surface area contributed by atoms with Crippen LogP contribution in [0.4, 0.5) is 20.2 Å². The molecule has 5 rings (SSSR count). The van der Waals surface area contributed by atoms with E-state index in [4.69, 9.17) is 11.5 Å². The van der Waals surface area contributed by atoms with Crippen LogP contribution in [0, 0.1) is 11.6 Å². The Labute approximate surface area is 181 Å². The number of carbonyl (C=O) groups is 1. The van der Waals surface area contributed by atoms with Crippen LogP contribution in [0.25, 0.3) is 10.9 Å². The van der Waals surface area contributed by atoms with Crippen LogP contribution in [0.15, 0.2) is 41.3 Å². The first kappa shape index (κ1) is 20.4. The molecule has 1 saturated carbocycles. The fraction of sp³-hybridized carbons (Fsp3) is 0.304. The summed E-state index contributed by atoms with van der Waals surface area (Å²) in [5.74, 6) is -3.36. The molecule has 1 aliphatic carbocycles. The number of aromatic carboxylic acids is 1. The first-order chi connectivity index (χ1) is 15.3. The van der Waals surface area contributed by atoms with E-state index in [1.54, 1.807) is 17.0 Å². The molecule has 32 heavy (non-hydrogen) atoms. The van der Waals surface area contributed by atoms with Gasteiger partial charge in [0.2, 0.25) is 5.43 Å². The zero-order valence-corrected chi connectivity index (χ0v) is 17.1. The van der Waals surface area contributed by atoms with Crippen LogP contribution in [0.3, 0.4) is 0 Å². The molecule has 0 radical (unpaired) electrons. The molecule has 7 nitrogen and oxygen atoms in total. The first-order valence-electron chi connectivity index (χ1n) is 10.4. The van der Waals surface area contributed by atoms with Crippen molar-refractivity contribution in [2.45, 2.75) is 30.8 Å². The quantitative estimate of drug-likeness (QED) is 0.538. The second kappa shape index (κ2) is 7.30. The van der Waals surface area contributed by atoms with Crippen LogP contribution in [-0.2, 0) is 0 Å². The summed E-state index contributed by atoms with van der Waals surface area (Å²) >= 11 is 0. The Morgan fingerprint density at radius 3 is 2.44 bits per heavy atom. The molecule has 1 aliphatic heterocycles. The van der Waals surface area contributed by atoms with Gasteiger partial charge in [-0.2, -0.15) is 0 Å². The summed E-state index contributed by atoms with van der Waals surface area (Å²) in [4.78, 5) is 25.7. The number of pyridine rings is 1. The van der Waals surface area contributed by atoms with Gasteiger partial charge in [0, 0.05) is 43.0 Å². The molecule has 1 aromatic heterocycles. The minimum absolute atomic E-state index is 0.0663. The van der Waals surface area contributed by atoms with Crippen LogP contribution < -0.4 is 21.8 Å². The van der Waals surface area contributed by atoms with E-state index >= 15 is 8.78 Å². The zero-order chi connectivity index (χ0) is 22.7. The van der Waals surface area contributed by atoms with E-state index in [-0.39, 0.29) is 41.1 Å². The van der Waals surface area contributed by atoms with Crippen molar-refractivity contribution >= 4 is 28.2 Å². The van der Waals surface area contributed by atoms with Crippen molar-refractivity contribution in [1.82, 2.24) is 4.57 Å². The first-order valence-corrected chi connectivity index (χ1v) is 10.4. The fourth-order valence-corrected chi connectivity index (χ4v) is 4.62. The lowest BCUT2D eigenvalue weighted by Gasteiger charge is -2.22. The Kier molecular flexibility index (Phi) is 4.67. The number of nitrogen functional groups attached to an aromatic ring is 1. The Balaban J connectivity index is 1.63. The number of carboxylic acids is 1. The lowest BCUT2D eigenvalue weighted by atomic mass is 9.95. The molecule has 166 valence electrons. The smallest absolute Gasteiger partial charge is 0.341 e.